The zero-order valence-corrected chi connectivity index (χ0v) is 83.0. The van der Waals surface area contributed by atoms with E-state index in [0.29, 0.717) is 174 Å². The lowest BCUT2D eigenvalue weighted by molar-refractivity contribution is -0.160. The highest BCUT2D eigenvalue weighted by molar-refractivity contribution is 6.38. The van der Waals surface area contributed by atoms with Crippen LogP contribution in [0.2, 0.25) is 30.4 Å². The van der Waals surface area contributed by atoms with E-state index >= 15 is 0 Å². The molecule has 10 heterocycles. The number of likely N-dealkylation sites (N-methyl/N-ethyl adjacent to an activating group) is 1. The molecule has 3 amide bonds. The first kappa shape index (κ1) is 103. The summed E-state index contributed by atoms with van der Waals surface area (Å²) >= 11 is 35.9. The third kappa shape index (κ3) is 23.6. The largest absolute Gasteiger partial charge is 0.513 e. The van der Waals surface area contributed by atoms with Crippen LogP contribution in [0.4, 0.5) is 4.79 Å². The molecule has 0 atom stereocenters. The van der Waals surface area contributed by atoms with Gasteiger partial charge in [-0.3, -0.25) is 19.2 Å². The molecule has 0 unspecified atom stereocenters. The summed E-state index contributed by atoms with van der Waals surface area (Å²) in [5.41, 5.74) is 12.4. The molecular formula is C104H115Cl6N7O19. The van der Waals surface area contributed by atoms with Crippen LogP contribution >= 0.6 is 69.6 Å². The fourth-order valence-corrected chi connectivity index (χ4v) is 19.7. The molecule has 722 valence electrons. The molecule has 3 aliphatic carbocycles. The Morgan fingerprint density at radius 2 is 1.06 bits per heavy atom. The van der Waals surface area contributed by atoms with Gasteiger partial charge in [-0.2, -0.15) is 0 Å². The molecule has 8 aliphatic heterocycles. The minimum Gasteiger partial charge on any atom is -0.509 e. The van der Waals surface area contributed by atoms with Crippen molar-refractivity contribution in [2.24, 2.45) is 5.41 Å². The number of methoxy groups -OCH3 is 1. The smallest absolute Gasteiger partial charge is 0.509 e. The van der Waals surface area contributed by atoms with E-state index in [9.17, 15) is 48.6 Å². The van der Waals surface area contributed by atoms with Crippen molar-refractivity contribution in [3.05, 3.63) is 265 Å². The number of aryl methyl sites for hydroxylation is 5. The highest BCUT2D eigenvalue weighted by Crippen LogP contribution is 2.51. The molecule has 26 nitrogen and oxygen atoms in total. The topological polar surface area (TPSA) is 328 Å². The molecular weight excluding hydrogens is 1860 g/mol. The van der Waals surface area contributed by atoms with E-state index in [2.05, 4.69) is 30.8 Å². The molecule has 3 saturated carbocycles. The standard InChI is InChI=1S/C22H22ClNO3.C21H24Cl2O4.C21H27NO5.C16H18ClNO3.C13H13ClN2O2.C11H11ClN2O2/c1-13-3-8-17(15-4-6-16(23)7-5-15)14(2)18(13)19-20(25)22(24-21(19)26)9-11-27-12-10-22;1-4-20(2,3)19(25)26-17-16(14-9-8-13(22)12-15(14)23)18(24)27-21(17)10-6-5-7-11-21;1-5-26-20(24)27-18-17(16-12-13(2)6-7-14(16)3)19(23)22-21(18)10-8-15(25-4)9-11-21;1-9-7-11(17)8-10(2)12(9)13-14(19)16(18-15(13)20)3-5-21-6-4-16;14-12-4-1-9(6-15-12)7-16(10-2-3-10)11-5-13(17)18-8-11;1-14(9-4-11(15)16-7-9)6-8-2-3-10(12)13-5-8/h3-8,25H,9-12H2,1-2H3,(H,24,26);8-9,12H,4-7,10-11H2,1-3H3;6-7,12,15H,5,8-11H2,1-4H3,(H,22,23);7-8,19H,3-6H2,1-2H3,(H,18,20);1,4-6,10H,2-3,7-8H2;2-5H,6-7H2,1H3. The first-order valence-electron chi connectivity index (χ1n) is 45.8. The predicted octanol–water partition coefficient (Wildman–Crippen LogP) is 20.8. The summed E-state index contributed by atoms with van der Waals surface area (Å²) in [5.74, 6) is -1.06. The maximum absolute atomic E-state index is 13.0. The van der Waals surface area contributed by atoms with Crippen LogP contribution in [0.5, 0.6) is 0 Å². The Labute approximate surface area is 822 Å². The molecule has 136 heavy (non-hydrogen) atoms. The number of nitrogens with zero attached hydrogens (tertiary/aromatic N) is 4. The van der Waals surface area contributed by atoms with Gasteiger partial charge in [0.05, 0.1) is 56.8 Å². The Bertz CT molecular complexity index is 5890. The molecule has 5 aromatic carbocycles. The number of rotatable bonds is 18. The van der Waals surface area contributed by atoms with Crippen LogP contribution in [0.3, 0.4) is 0 Å². The number of aliphatic hydroxyl groups is 2. The number of hydrogen-bond acceptors (Lipinski definition) is 23. The van der Waals surface area contributed by atoms with Crippen molar-refractivity contribution in [2.45, 2.75) is 219 Å². The summed E-state index contributed by atoms with van der Waals surface area (Å²) in [6, 6.07) is 34.1. The van der Waals surface area contributed by atoms with Gasteiger partial charge in [-0.1, -0.05) is 149 Å². The van der Waals surface area contributed by atoms with Crippen LogP contribution in [0, 0.1) is 47.0 Å². The quantitative estimate of drug-likeness (QED) is 0.0303. The average Bonchev–Trinajstić information content (AvgIpc) is 1.59. The van der Waals surface area contributed by atoms with Gasteiger partial charge in [-0.25, -0.2) is 29.1 Å². The van der Waals surface area contributed by atoms with Gasteiger partial charge in [0.1, 0.15) is 57.4 Å². The first-order valence-corrected chi connectivity index (χ1v) is 48.0. The van der Waals surface area contributed by atoms with Crippen molar-refractivity contribution >= 4 is 140 Å². The fourth-order valence-electron chi connectivity index (χ4n) is 18.5. The molecule has 18 rings (SSSR count). The molecule has 32 heteroatoms. The van der Waals surface area contributed by atoms with Crippen molar-refractivity contribution in [2.75, 3.05) is 60.4 Å². The van der Waals surface area contributed by atoms with Crippen molar-refractivity contribution in [1.29, 1.82) is 0 Å². The van der Waals surface area contributed by atoms with Crippen molar-refractivity contribution in [3.63, 3.8) is 0 Å². The normalized spacial score (nSPS) is 19.9. The maximum atomic E-state index is 13.0. The van der Waals surface area contributed by atoms with Gasteiger partial charge in [0, 0.05) is 131 Å². The number of aromatic nitrogens is 2. The third-order valence-electron chi connectivity index (χ3n) is 26.6. The molecule has 5 fully saturated rings. The third-order valence-corrected chi connectivity index (χ3v) is 28.1. The molecule has 2 saturated heterocycles. The van der Waals surface area contributed by atoms with E-state index in [1.807, 2.05) is 153 Å². The van der Waals surface area contributed by atoms with Gasteiger partial charge in [-0.15, -0.1) is 0 Å². The van der Waals surface area contributed by atoms with Gasteiger partial charge in [0.2, 0.25) is 0 Å². The van der Waals surface area contributed by atoms with E-state index < -0.39 is 39.8 Å². The minimum atomic E-state index is -0.882. The predicted molar refractivity (Wildman–Crippen MR) is 521 cm³/mol. The molecule has 0 radical (unpaired) electrons. The minimum absolute atomic E-state index is 0.143. The SMILES string of the molecule is CCC(C)(C)C(=O)OC1=C(c2ccc(Cl)cc2Cl)C(=O)OC12CCCCC2.CCOC(=O)OC1=C(c2cc(C)ccc2C)C(=O)NC12CCC(OC)CC2.CN(Cc1ccc(Cl)nc1)C1=CC(=O)OC1.Cc1cc(Cl)cc(C)c1C1=C(O)C2(CCOCC2)NC1=O.Cc1ccc(-c2ccc(Cl)cc2)c(C)c1C1=C(O)C2(CCOCC2)NC1=O.O=C1C=C(N(Cc2ccc(Cl)nc2)C2CC2)CO1. The number of halogens is 6. The lowest BCUT2D eigenvalue weighted by Gasteiger charge is -2.37. The van der Waals surface area contributed by atoms with Crippen LogP contribution in [0.15, 0.2) is 168 Å². The van der Waals surface area contributed by atoms with Gasteiger partial charge >= 0.3 is 30.0 Å². The zero-order chi connectivity index (χ0) is 97.9. The second-order valence-corrected chi connectivity index (χ2v) is 38.9. The number of pyridine rings is 2. The lowest BCUT2D eigenvalue weighted by atomic mass is 9.79. The number of ether oxygens (including phenoxy) is 9. The average molecular weight is 1980 g/mol. The highest BCUT2D eigenvalue weighted by Gasteiger charge is 2.55. The van der Waals surface area contributed by atoms with Gasteiger partial charge in [-0.05, 0) is 248 Å². The van der Waals surface area contributed by atoms with Crippen LogP contribution in [0.1, 0.15) is 197 Å². The van der Waals surface area contributed by atoms with Crippen molar-refractivity contribution < 1.29 is 91.2 Å². The number of cyclic esters (lactones) is 2. The Kier molecular flexibility index (Phi) is 33.5. The summed E-state index contributed by atoms with van der Waals surface area (Å²) < 4.78 is 48.4. The number of esters is 4. The number of aliphatic hydroxyl groups excluding tert-OH is 2. The van der Waals surface area contributed by atoms with Crippen molar-refractivity contribution in [1.82, 2.24) is 35.7 Å². The second-order valence-electron chi connectivity index (χ2n) is 36.5. The summed E-state index contributed by atoms with van der Waals surface area (Å²) in [4.78, 5) is 110. The molecule has 4 spiro atoms. The Balaban J connectivity index is 0.000000139. The molecule has 2 aromatic heterocycles. The van der Waals surface area contributed by atoms with Crippen LogP contribution in [0.25, 0.3) is 33.4 Å². The number of carbonyl (C=O) groups is 8. The van der Waals surface area contributed by atoms with Crippen LogP contribution in [-0.2, 0) is 89.3 Å². The van der Waals surface area contributed by atoms with E-state index in [0.717, 1.165) is 122 Å². The first-order chi connectivity index (χ1) is 64.8. The second kappa shape index (κ2) is 44.3. The Morgan fingerprint density at radius 1 is 0.529 bits per heavy atom. The van der Waals surface area contributed by atoms with E-state index in [4.69, 9.17) is 112 Å². The Hall–Kier alpha value is -10.8. The zero-order valence-electron chi connectivity index (χ0n) is 78.4. The van der Waals surface area contributed by atoms with Crippen LogP contribution in [-0.4, -0.2) is 173 Å². The maximum Gasteiger partial charge on any atom is 0.513 e. The summed E-state index contributed by atoms with van der Waals surface area (Å²) in [6.07, 6.45) is 18.3. The monoisotopic (exact) mass is 1980 g/mol. The molecule has 11 aliphatic rings. The number of nitrogens with one attached hydrogen (secondary N) is 3. The number of benzene rings is 5. The van der Waals surface area contributed by atoms with E-state index in [1.165, 1.54) is 18.9 Å². The summed E-state index contributed by atoms with van der Waals surface area (Å²) in [7, 11) is 3.60. The number of amides is 3. The molecule has 5 N–H and O–H groups in total. The summed E-state index contributed by atoms with van der Waals surface area (Å²) in [6.45, 7) is 23.5. The van der Waals surface area contributed by atoms with E-state index in [-0.39, 0.29) is 65.4 Å². The van der Waals surface area contributed by atoms with Gasteiger partial charge in [0.25, 0.3) is 17.7 Å². The summed E-state index contributed by atoms with van der Waals surface area (Å²) in [5, 5.41) is 33.9. The van der Waals surface area contributed by atoms with Gasteiger partial charge in [0.15, 0.2) is 11.4 Å². The molecule has 7 aromatic rings. The van der Waals surface area contributed by atoms with Gasteiger partial charge < -0.3 is 78.6 Å². The number of hydrogen-bond donors (Lipinski definition) is 5. The molecule has 0 bridgehead atoms. The number of carbonyl (C=O) groups excluding carboxylic acids is 8. The van der Waals surface area contributed by atoms with E-state index in [1.54, 1.807) is 62.8 Å². The lowest BCUT2D eigenvalue weighted by Crippen LogP contribution is -2.49. The Morgan fingerprint density at radius 3 is 1.58 bits per heavy atom. The fraction of sp³-hybridized carbons (Fsp3) is 0.423. The van der Waals surface area contributed by atoms with Crippen LogP contribution < -0.4 is 16.0 Å². The highest BCUT2D eigenvalue weighted by atomic mass is 35.5. The van der Waals surface area contributed by atoms with Crippen molar-refractivity contribution in [3.8, 4) is 11.1 Å².